The Morgan fingerprint density at radius 3 is 2.58 bits per heavy atom. The van der Waals surface area contributed by atoms with Crippen LogP contribution in [0.25, 0.3) is 32.9 Å². The first-order valence-corrected chi connectivity index (χ1v) is 21.2. The lowest BCUT2D eigenvalue weighted by Crippen LogP contribution is -2.56. The zero-order chi connectivity index (χ0) is 38.7. The molecule has 0 spiro atoms. The smallest absolute Gasteiger partial charge is 0.319 e. The lowest BCUT2D eigenvalue weighted by atomic mass is 9.74. The van der Waals surface area contributed by atoms with Crippen molar-refractivity contribution in [2.75, 3.05) is 63.0 Å². The third kappa shape index (κ3) is 7.06. The normalized spacial score (nSPS) is 26.3. The molecule has 12 nitrogen and oxygen atoms in total. The number of ether oxygens (including phenoxy) is 3. The van der Waals surface area contributed by atoms with Gasteiger partial charge in [-0.25, -0.2) is 22.2 Å². The van der Waals surface area contributed by atoms with E-state index in [-0.39, 0.29) is 101 Å². The average Bonchev–Trinajstić information content (AvgIpc) is 3.51. The van der Waals surface area contributed by atoms with Crippen LogP contribution in [0.4, 0.5) is 14.6 Å². The van der Waals surface area contributed by atoms with Crippen LogP contribution in [0.5, 0.6) is 17.6 Å². The van der Waals surface area contributed by atoms with Crippen LogP contribution in [0.15, 0.2) is 24.3 Å². The number of fused-ring (bicyclic) bond motifs is 3. The number of hydrogen-bond donors (Lipinski definition) is 2. The van der Waals surface area contributed by atoms with Crippen LogP contribution in [0.3, 0.4) is 0 Å². The molecule has 0 bridgehead atoms. The second kappa shape index (κ2) is 14.5. The summed E-state index contributed by atoms with van der Waals surface area (Å²) in [6.07, 6.45) is 6.40. The molecular weight excluding hydrogens is 733 g/mol. The van der Waals surface area contributed by atoms with Gasteiger partial charge < -0.3 is 29.3 Å². The molecule has 4 aliphatic rings. The number of phenolic OH excluding ortho intramolecular Hbond substituents is 1. The van der Waals surface area contributed by atoms with E-state index in [1.807, 2.05) is 6.92 Å². The molecule has 3 atom stereocenters. The lowest BCUT2D eigenvalue weighted by molar-refractivity contribution is -0.0246. The molecule has 3 aliphatic heterocycles. The maximum Gasteiger partial charge on any atom is 0.319 e. The van der Waals surface area contributed by atoms with Gasteiger partial charge in [0.05, 0.1) is 45.0 Å². The van der Waals surface area contributed by atoms with E-state index >= 15 is 8.78 Å². The van der Waals surface area contributed by atoms with E-state index in [0.29, 0.717) is 42.1 Å². The molecule has 2 N–H and O–H groups in total. The van der Waals surface area contributed by atoms with E-state index < -0.39 is 27.1 Å². The third-order valence-electron chi connectivity index (χ3n) is 12.2. The molecule has 0 amide bonds. The predicted molar refractivity (Wildman–Crippen MR) is 205 cm³/mol. The van der Waals surface area contributed by atoms with E-state index in [2.05, 4.69) is 9.88 Å². The van der Waals surface area contributed by atoms with Gasteiger partial charge in [-0.05, 0) is 92.9 Å². The Labute approximate surface area is 319 Å². The van der Waals surface area contributed by atoms with Crippen LogP contribution in [0, 0.1) is 17.0 Å². The predicted octanol–water partition coefficient (Wildman–Crippen LogP) is 5.58. The molecule has 2 aromatic heterocycles. The topological polar surface area (TPSA) is 147 Å². The SMILES string of the molecule is CCc1c(F)ccc2cc(O)cc(-c3nc(OC)c4c(N5CCOCC(C)(O)C5)nc(OCC56CCCC5N(C5CCS(=O)(=O)CC5)CCC6)nc4c3F)c12. The van der Waals surface area contributed by atoms with Crippen molar-refractivity contribution in [2.45, 2.75) is 82.9 Å². The number of halogens is 2. The van der Waals surface area contributed by atoms with Crippen molar-refractivity contribution in [3.05, 3.63) is 41.5 Å². The third-order valence-corrected chi connectivity index (χ3v) is 14.0. The van der Waals surface area contributed by atoms with Gasteiger partial charge in [0, 0.05) is 29.6 Å². The summed E-state index contributed by atoms with van der Waals surface area (Å²) in [4.78, 5) is 18.5. The quantitative estimate of drug-likeness (QED) is 0.230. The monoisotopic (exact) mass is 781 g/mol. The first-order valence-electron chi connectivity index (χ1n) is 19.4. The van der Waals surface area contributed by atoms with Crippen LogP contribution in [-0.2, 0) is 21.0 Å². The first-order chi connectivity index (χ1) is 26.3. The number of pyridine rings is 1. The summed E-state index contributed by atoms with van der Waals surface area (Å²) in [6.45, 7) is 5.48. The van der Waals surface area contributed by atoms with E-state index in [0.717, 1.165) is 38.6 Å². The number of hydrogen-bond acceptors (Lipinski definition) is 12. The summed E-state index contributed by atoms with van der Waals surface area (Å²) in [6, 6.07) is 6.12. The molecule has 55 heavy (non-hydrogen) atoms. The number of piperidine rings is 1. The van der Waals surface area contributed by atoms with Crippen LogP contribution < -0.4 is 14.4 Å². The molecule has 296 valence electrons. The molecule has 2 aromatic carbocycles. The number of aliphatic hydroxyl groups is 1. The number of β-amino-alcohol motifs (C(OH)–C–C–N with tert-alkyl or cyclic N) is 1. The van der Waals surface area contributed by atoms with Gasteiger partial charge >= 0.3 is 6.01 Å². The standard InChI is InChI=1S/C40H49F2N5O7S/c1-4-27-29(41)9-8-24-19-26(48)20-28(31(24)27)34-33(42)35-32(37(43-34)52-3)36(46-15-16-53-22-39(2,49)21-46)45-38(44-35)54-23-40-12-5-7-30(40)47(14-6-13-40)25-10-17-55(50,51)18-11-25/h8-9,19-20,25,30,48-49H,4-7,10-18,21-23H2,1-3H3. The van der Waals surface area contributed by atoms with Crippen molar-refractivity contribution in [1.29, 1.82) is 0 Å². The summed E-state index contributed by atoms with van der Waals surface area (Å²) < 4.78 is 75.2. The number of aromatic nitrogens is 3. The van der Waals surface area contributed by atoms with Crippen molar-refractivity contribution in [3.8, 4) is 28.9 Å². The minimum absolute atomic E-state index is 0.00979. The molecule has 3 unspecified atom stereocenters. The van der Waals surface area contributed by atoms with Crippen LogP contribution in [-0.4, -0.2) is 114 Å². The Bertz CT molecular complexity index is 2230. The fourth-order valence-corrected chi connectivity index (χ4v) is 11.2. The Balaban J connectivity index is 1.25. The van der Waals surface area contributed by atoms with Gasteiger partial charge in [-0.1, -0.05) is 19.4 Å². The van der Waals surface area contributed by atoms with Crippen molar-refractivity contribution >= 4 is 37.3 Å². The number of sulfone groups is 1. The number of aryl methyl sites for hydroxylation is 1. The molecule has 5 heterocycles. The Hall–Kier alpha value is -3.92. The zero-order valence-corrected chi connectivity index (χ0v) is 32.4. The molecule has 4 aromatic rings. The maximum absolute atomic E-state index is 17.4. The maximum atomic E-state index is 17.4. The van der Waals surface area contributed by atoms with Gasteiger partial charge in [0.25, 0.3) is 0 Å². The second-order valence-corrected chi connectivity index (χ2v) is 18.4. The van der Waals surface area contributed by atoms with Crippen molar-refractivity contribution in [2.24, 2.45) is 5.41 Å². The number of benzene rings is 2. The number of methoxy groups -OCH3 is 1. The molecule has 3 saturated heterocycles. The zero-order valence-electron chi connectivity index (χ0n) is 31.6. The largest absolute Gasteiger partial charge is 0.508 e. The minimum Gasteiger partial charge on any atom is -0.508 e. The van der Waals surface area contributed by atoms with E-state index in [9.17, 15) is 18.6 Å². The van der Waals surface area contributed by atoms with Crippen molar-refractivity contribution in [3.63, 3.8) is 0 Å². The van der Waals surface area contributed by atoms with Crippen molar-refractivity contribution in [1.82, 2.24) is 19.9 Å². The first kappa shape index (κ1) is 38.0. The van der Waals surface area contributed by atoms with E-state index in [1.54, 1.807) is 17.9 Å². The van der Waals surface area contributed by atoms with Gasteiger partial charge in [0.1, 0.15) is 49.4 Å². The Morgan fingerprint density at radius 2 is 1.82 bits per heavy atom. The molecule has 1 aliphatic carbocycles. The van der Waals surface area contributed by atoms with Crippen molar-refractivity contribution < 1.29 is 41.6 Å². The molecule has 15 heteroatoms. The minimum atomic E-state index is -3.00. The number of rotatable bonds is 8. The van der Waals surface area contributed by atoms with Crippen LogP contribution in [0.1, 0.15) is 64.4 Å². The van der Waals surface area contributed by atoms with Gasteiger partial charge in [0.15, 0.2) is 5.82 Å². The molecule has 8 rings (SSSR count). The number of aromatic hydroxyl groups is 1. The highest BCUT2D eigenvalue weighted by Gasteiger charge is 2.50. The number of likely N-dealkylation sites (tertiary alicyclic amines) is 1. The van der Waals surface area contributed by atoms with Gasteiger partial charge in [-0.2, -0.15) is 9.97 Å². The van der Waals surface area contributed by atoms with Gasteiger partial charge in [-0.3, -0.25) is 4.90 Å². The summed E-state index contributed by atoms with van der Waals surface area (Å²) >= 11 is 0. The van der Waals surface area contributed by atoms with E-state index in [1.165, 1.54) is 25.3 Å². The fourth-order valence-electron chi connectivity index (χ4n) is 9.73. The van der Waals surface area contributed by atoms with Gasteiger partial charge in [-0.15, -0.1) is 0 Å². The lowest BCUT2D eigenvalue weighted by Gasteiger charge is -2.50. The second-order valence-electron chi connectivity index (χ2n) is 16.1. The number of phenols is 1. The average molecular weight is 782 g/mol. The fraction of sp³-hybridized carbons (Fsp3) is 0.575. The molecule has 1 saturated carbocycles. The molecular formula is C40H49F2N5O7S. The van der Waals surface area contributed by atoms with Crippen LogP contribution >= 0.6 is 0 Å². The Morgan fingerprint density at radius 1 is 1.04 bits per heavy atom. The van der Waals surface area contributed by atoms with Crippen LogP contribution in [0.2, 0.25) is 0 Å². The number of nitrogens with zero attached hydrogens (tertiary/aromatic N) is 5. The molecule has 4 fully saturated rings. The Kier molecular flexibility index (Phi) is 10.0. The van der Waals surface area contributed by atoms with Gasteiger partial charge in [0.2, 0.25) is 5.88 Å². The highest BCUT2D eigenvalue weighted by Crippen LogP contribution is 2.50. The molecule has 0 radical (unpaired) electrons. The highest BCUT2D eigenvalue weighted by atomic mass is 32.2. The summed E-state index contributed by atoms with van der Waals surface area (Å²) in [7, 11) is -1.59. The summed E-state index contributed by atoms with van der Waals surface area (Å²) in [5.74, 6) is -0.723. The highest BCUT2D eigenvalue weighted by molar-refractivity contribution is 7.91. The summed E-state index contributed by atoms with van der Waals surface area (Å²) in [5.41, 5.74) is -1.24. The number of anilines is 1. The van der Waals surface area contributed by atoms with E-state index in [4.69, 9.17) is 24.2 Å². The summed E-state index contributed by atoms with van der Waals surface area (Å²) in [5, 5.41) is 23.1.